The summed E-state index contributed by atoms with van der Waals surface area (Å²) in [6.45, 7) is 3.12. The Morgan fingerprint density at radius 3 is 2.81 bits per heavy atom. The van der Waals surface area contributed by atoms with Crippen LogP contribution in [0, 0.1) is 6.92 Å². The van der Waals surface area contributed by atoms with Crippen LogP contribution in [0.4, 0.5) is 0 Å². The van der Waals surface area contributed by atoms with E-state index in [-0.39, 0.29) is 1.43 Å². The minimum absolute atomic E-state index is 0. The Balaban J connectivity index is 0.00000294. The smallest absolute Gasteiger partial charge is 0.155 e. The molecule has 5 aromatic heterocycles. The highest BCUT2D eigenvalue weighted by Gasteiger charge is 2.16. The number of aryl methyl sites for hydroxylation is 1. The van der Waals surface area contributed by atoms with Crippen molar-refractivity contribution in [1.82, 2.24) is 39.9 Å². The van der Waals surface area contributed by atoms with Crippen molar-refractivity contribution >= 4 is 5.65 Å². The van der Waals surface area contributed by atoms with Gasteiger partial charge in [0, 0.05) is 37.2 Å². The highest BCUT2D eigenvalue weighted by atomic mass is 16.5. The van der Waals surface area contributed by atoms with Crippen LogP contribution in [0.3, 0.4) is 0 Å². The first-order valence-corrected chi connectivity index (χ1v) is 11.9. The van der Waals surface area contributed by atoms with Crippen molar-refractivity contribution in [2.24, 2.45) is 0 Å². The Kier molecular flexibility index (Phi) is 6.10. The number of nitrogens with zero attached hydrogens (tertiary/aromatic N) is 6. The fraction of sp³-hybridized carbons (Fsp3) is 0.107. The van der Waals surface area contributed by atoms with Crippen LogP contribution in [0.25, 0.3) is 28.3 Å². The van der Waals surface area contributed by atoms with Gasteiger partial charge in [0.2, 0.25) is 0 Å². The number of H-pyrrole nitrogens is 1. The summed E-state index contributed by atoms with van der Waals surface area (Å²) in [5, 5.41) is 7.76. The van der Waals surface area contributed by atoms with Crippen LogP contribution in [-0.4, -0.2) is 34.5 Å². The quantitative estimate of drug-likeness (QED) is 0.302. The second-order valence-corrected chi connectivity index (χ2v) is 8.55. The van der Waals surface area contributed by atoms with Gasteiger partial charge in [-0.2, -0.15) is 5.10 Å². The lowest BCUT2D eigenvalue weighted by Crippen LogP contribution is -2.14. The summed E-state index contributed by atoms with van der Waals surface area (Å²) in [5.41, 5.74) is 6.19. The number of aromatic nitrogens is 7. The van der Waals surface area contributed by atoms with Gasteiger partial charge >= 0.3 is 0 Å². The number of rotatable bonds is 8. The van der Waals surface area contributed by atoms with Gasteiger partial charge < -0.3 is 15.0 Å². The standard InChI is InChI=1S/C28H24N8O.H2/c1-19-6-4-9-23(33-19)28-27(21-11-12-26-31-18-32-36(26)17-21)34-25(35-28)16-30-14-20-7-2-3-10-24(20)37-22-8-5-13-29-15-22;/h2-13,15,17-18,30H,14,16H2,1H3,(H,34,35);1H. The predicted molar refractivity (Wildman–Crippen MR) is 142 cm³/mol. The zero-order valence-electron chi connectivity index (χ0n) is 20.2. The van der Waals surface area contributed by atoms with Crippen molar-refractivity contribution in [3.63, 3.8) is 0 Å². The van der Waals surface area contributed by atoms with Gasteiger partial charge in [-0.1, -0.05) is 24.3 Å². The van der Waals surface area contributed by atoms with Crippen LogP contribution in [0.15, 0.2) is 91.6 Å². The normalized spacial score (nSPS) is 11.2. The molecule has 9 nitrogen and oxygen atoms in total. The molecule has 0 aliphatic carbocycles. The summed E-state index contributed by atoms with van der Waals surface area (Å²) < 4.78 is 7.79. The van der Waals surface area contributed by atoms with Crippen molar-refractivity contribution in [3.05, 3.63) is 109 Å². The second-order valence-electron chi connectivity index (χ2n) is 8.55. The lowest BCUT2D eigenvalue weighted by molar-refractivity contribution is 0.470. The van der Waals surface area contributed by atoms with E-state index in [1.165, 1.54) is 6.33 Å². The number of imidazole rings is 1. The van der Waals surface area contributed by atoms with Crippen molar-refractivity contribution in [2.75, 3.05) is 0 Å². The van der Waals surface area contributed by atoms with Gasteiger partial charge in [-0.25, -0.2) is 14.5 Å². The van der Waals surface area contributed by atoms with E-state index >= 15 is 0 Å². The molecule has 37 heavy (non-hydrogen) atoms. The Morgan fingerprint density at radius 2 is 1.92 bits per heavy atom. The molecule has 1 aromatic carbocycles. The summed E-state index contributed by atoms with van der Waals surface area (Å²) in [6.07, 6.45) is 6.90. The van der Waals surface area contributed by atoms with Gasteiger partial charge in [-0.15, -0.1) is 0 Å². The largest absolute Gasteiger partial charge is 0.455 e. The average molecular weight is 491 g/mol. The summed E-state index contributed by atoms with van der Waals surface area (Å²) in [4.78, 5) is 21.5. The average Bonchev–Trinajstić information content (AvgIpc) is 3.57. The van der Waals surface area contributed by atoms with Crippen LogP contribution in [0.1, 0.15) is 18.5 Å². The van der Waals surface area contributed by atoms with Gasteiger partial charge in [-0.05, 0) is 49.4 Å². The fourth-order valence-electron chi connectivity index (χ4n) is 4.14. The topological polar surface area (TPSA) is 106 Å². The number of hydrogen-bond donors (Lipinski definition) is 2. The molecule has 0 unspecified atom stereocenters. The SMILES string of the molecule is Cc1cccc(-c2[nH]c(CNCc3ccccc3Oc3cccnc3)nc2-c2ccc3ncnn3c2)n1.[HH]. The summed E-state index contributed by atoms with van der Waals surface area (Å²) >= 11 is 0. The third-order valence-electron chi connectivity index (χ3n) is 5.89. The van der Waals surface area contributed by atoms with E-state index in [1.54, 1.807) is 16.9 Å². The molecule has 0 spiro atoms. The molecule has 0 amide bonds. The predicted octanol–water partition coefficient (Wildman–Crippen LogP) is 5.21. The van der Waals surface area contributed by atoms with Gasteiger partial charge in [0.15, 0.2) is 5.65 Å². The van der Waals surface area contributed by atoms with E-state index in [4.69, 9.17) is 14.7 Å². The van der Waals surface area contributed by atoms with Crippen molar-refractivity contribution in [1.29, 1.82) is 0 Å². The first kappa shape index (κ1) is 22.6. The van der Waals surface area contributed by atoms with Gasteiger partial charge in [0.1, 0.15) is 23.7 Å². The van der Waals surface area contributed by atoms with Crippen LogP contribution >= 0.6 is 0 Å². The molecule has 6 aromatic rings. The van der Waals surface area contributed by atoms with E-state index < -0.39 is 0 Å². The highest BCUT2D eigenvalue weighted by molar-refractivity contribution is 5.77. The molecule has 5 heterocycles. The van der Waals surface area contributed by atoms with Gasteiger partial charge in [0.25, 0.3) is 0 Å². The Morgan fingerprint density at radius 1 is 0.973 bits per heavy atom. The van der Waals surface area contributed by atoms with Crippen molar-refractivity contribution in [3.8, 4) is 34.1 Å². The molecule has 0 bridgehead atoms. The zero-order valence-corrected chi connectivity index (χ0v) is 20.2. The number of para-hydroxylation sites is 1. The molecule has 0 fully saturated rings. The zero-order chi connectivity index (χ0) is 25.0. The number of benzene rings is 1. The van der Waals surface area contributed by atoms with Gasteiger partial charge in [0.05, 0.1) is 29.8 Å². The molecule has 0 atom stereocenters. The number of nitrogens with one attached hydrogen (secondary N) is 2. The number of hydrogen-bond acceptors (Lipinski definition) is 7. The lowest BCUT2D eigenvalue weighted by Gasteiger charge is -2.11. The third-order valence-corrected chi connectivity index (χ3v) is 5.89. The summed E-state index contributed by atoms with van der Waals surface area (Å²) in [6, 6.07) is 21.6. The molecule has 0 saturated carbocycles. The van der Waals surface area contributed by atoms with Crippen molar-refractivity contribution in [2.45, 2.75) is 20.0 Å². The Bertz CT molecular complexity index is 1660. The summed E-state index contributed by atoms with van der Waals surface area (Å²) in [7, 11) is 0. The van der Waals surface area contributed by atoms with E-state index in [2.05, 4.69) is 25.4 Å². The minimum Gasteiger partial charge on any atom is -0.455 e. The third kappa shape index (κ3) is 4.93. The monoisotopic (exact) mass is 490 g/mol. The maximum atomic E-state index is 6.04. The molecule has 0 saturated heterocycles. The number of pyridine rings is 3. The molecule has 0 radical (unpaired) electrons. The van der Waals surface area contributed by atoms with Crippen LogP contribution in [0.2, 0.25) is 0 Å². The van der Waals surface area contributed by atoms with Crippen LogP contribution in [0.5, 0.6) is 11.5 Å². The molecular formula is C28H26N8O. The molecule has 9 heteroatoms. The molecule has 0 aliphatic rings. The number of fused-ring (bicyclic) bond motifs is 1. The summed E-state index contributed by atoms with van der Waals surface area (Å²) in [5.74, 6) is 2.29. The van der Waals surface area contributed by atoms with E-state index in [1.807, 2.05) is 79.9 Å². The molecule has 2 N–H and O–H groups in total. The fourth-order valence-corrected chi connectivity index (χ4v) is 4.14. The molecule has 0 aliphatic heterocycles. The molecule has 6 rings (SSSR count). The van der Waals surface area contributed by atoms with Crippen LogP contribution in [-0.2, 0) is 13.1 Å². The molecular weight excluding hydrogens is 464 g/mol. The number of aromatic amines is 1. The highest BCUT2D eigenvalue weighted by Crippen LogP contribution is 2.30. The first-order chi connectivity index (χ1) is 18.2. The molecule has 184 valence electrons. The number of ether oxygens (including phenoxy) is 1. The Hall–Kier alpha value is -4.89. The van der Waals surface area contributed by atoms with Crippen LogP contribution < -0.4 is 10.1 Å². The maximum Gasteiger partial charge on any atom is 0.155 e. The van der Waals surface area contributed by atoms with E-state index in [0.29, 0.717) is 18.8 Å². The van der Waals surface area contributed by atoms with E-state index in [0.717, 1.165) is 51.1 Å². The minimum atomic E-state index is 0. The first-order valence-electron chi connectivity index (χ1n) is 11.9. The Labute approximate surface area is 214 Å². The second kappa shape index (κ2) is 10.00. The lowest BCUT2D eigenvalue weighted by atomic mass is 10.1. The van der Waals surface area contributed by atoms with E-state index in [9.17, 15) is 0 Å². The van der Waals surface area contributed by atoms with Gasteiger partial charge in [-0.3, -0.25) is 9.97 Å². The van der Waals surface area contributed by atoms with Crippen molar-refractivity contribution < 1.29 is 6.16 Å². The maximum absolute atomic E-state index is 6.04.